The Labute approximate surface area is 149 Å². The Hall–Kier alpha value is -2.46. The molecule has 0 spiro atoms. The quantitative estimate of drug-likeness (QED) is 0.514. The minimum atomic E-state index is -0.111. The molecule has 1 N–H and O–H groups in total. The van der Waals surface area contributed by atoms with Gasteiger partial charge in [0.15, 0.2) is 0 Å². The summed E-state index contributed by atoms with van der Waals surface area (Å²) in [5, 5.41) is 4.29. The van der Waals surface area contributed by atoms with Crippen LogP contribution in [-0.4, -0.2) is 17.4 Å². The van der Waals surface area contributed by atoms with E-state index in [1.165, 1.54) is 0 Å². The van der Waals surface area contributed by atoms with Crippen LogP contribution in [0.2, 0.25) is 0 Å². The van der Waals surface area contributed by atoms with Crippen molar-refractivity contribution in [2.75, 3.05) is 6.54 Å². The molecule has 2 aromatic carbocycles. The van der Waals surface area contributed by atoms with Gasteiger partial charge in [-0.05, 0) is 6.07 Å². The average molecular weight is 381 g/mol. The van der Waals surface area contributed by atoms with Crippen LogP contribution in [0.5, 0.6) is 0 Å². The van der Waals surface area contributed by atoms with Crippen LogP contribution in [0.25, 0.3) is 22.2 Å². The van der Waals surface area contributed by atoms with E-state index in [-0.39, 0.29) is 5.91 Å². The van der Waals surface area contributed by atoms with Crippen LogP contribution in [-0.2, 0) is 5.33 Å². The predicted molar refractivity (Wildman–Crippen MR) is 102 cm³/mol. The summed E-state index contributed by atoms with van der Waals surface area (Å²) in [7, 11) is 0. The summed E-state index contributed by atoms with van der Waals surface area (Å²) in [6.45, 7) is 4.09. The third kappa shape index (κ3) is 3.10. The lowest BCUT2D eigenvalue weighted by Gasteiger charge is -2.15. The molecule has 0 saturated carbocycles. The molecule has 0 aliphatic rings. The number of para-hydroxylation sites is 1. The molecule has 120 valence electrons. The summed E-state index contributed by atoms with van der Waals surface area (Å²) in [5.74, 6) is -0.111. The number of hydrogen-bond acceptors (Lipinski definition) is 2. The summed E-state index contributed by atoms with van der Waals surface area (Å²) in [4.78, 5) is 17.6. The molecule has 1 amide bonds. The number of carbonyl (C=O) groups is 1. The van der Waals surface area contributed by atoms with Crippen LogP contribution in [0.15, 0.2) is 67.3 Å². The highest BCUT2D eigenvalue weighted by atomic mass is 79.9. The molecule has 3 nitrogen and oxygen atoms in total. The summed E-state index contributed by atoms with van der Waals surface area (Å²) in [6, 6.07) is 17.7. The Morgan fingerprint density at radius 1 is 1.12 bits per heavy atom. The Kier molecular flexibility index (Phi) is 5.06. The standard InChI is InChI=1S/C20H17BrN2O/c1-2-12-22-20(24)18-15-10-6-7-11-17(15)23-19(16(18)13-21)14-8-4-3-5-9-14/h2-11H,1,12-13H2,(H,22,24). The van der Waals surface area contributed by atoms with Crippen molar-refractivity contribution < 1.29 is 4.79 Å². The third-order valence-electron chi connectivity index (χ3n) is 3.81. The topological polar surface area (TPSA) is 42.0 Å². The fourth-order valence-electron chi connectivity index (χ4n) is 2.73. The lowest BCUT2D eigenvalue weighted by Crippen LogP contribution is -2.25. The van der Waals surface area contributed by atoms with E-state index in [0.717, 1.165) is 27.7 Å². The van der Waals surface area contributed by atoms with E-state index in [1.807, 2.05) is 54.6 Å². The zero-order valence-electron chi connectivity index (χ0n) is 13.1. The van der Waals surface area contributed by atoms with Gasteiger partial charge in [-0.1, -0.05) is 70.5 Å². The van der Waals surface area contributed by atoms with Gasteiger partial charge in [0.05, 0.1) is 16.8 Å². The number of carbonyl (C=O) groups excluding carboxylic acids is 1. The van der Waals surface area contributed by atoms with Crippen molar-refractivity contribution in [3.05, 3.63) is 78.4 Å². The molecule has 0 fully saturated rings. The van der Waals surface area contributed by atoms with Crippen molar-refractivity contribution in [2.24, 2.45) is 0 Å². The SMILES string of the molecule is C=CCNC(=O)c1c(CBr)c(-c2ccccc2)nc2ccccc12. The first-order chi connectivity index (χ1) is 11.8. The highest BCUT2D eigenvalue weighted by molar-refractivity contribution is 9.08. The van der Waals surface area contributed by atoms with Gasteiger partial charge in [-0.3, -0.25) is 4.79 Å². The Morgan fingerprint density at radius 2 is 1.83 bits per heavy atom. The van der Waals surface area contributed by atoms with Gasteiger partial charge in [-0.25, -0.2) is 4.98 Å². The summed E-state index contributed by atoms with van der Waals surface area (Å²) < 4.78 is 0. The van der Waals surface area contributed by atoms with Crippen LogP contribution >= 0.6 is 15.9 Å². The van der Waals surface area contributed by atoms with Gasteiger partial charge in [0.1, 0.15) is 0 Å². The van der Waals surface area contributed by atoms with E-state index in [2.05, 4.69) is 27.8 Å². The van der Waals surface area contributed by atoms with Gasteiger partial charge in [0.25, 0.3) is 5.91 Å². The van der Waals surface area contributed by atoms with Crippen molar-refractivity contribution >= 4 is 32.7 Å². The maximum atomic E-state index is 12.8. The number of hydrogen-bond donors (Lipinski definition) is 1. The molecule has 0 atom stereocenters. The van der Waals surface area contributed by atoms with E-state index in [9.17, 15) is 4.79 Å². The fraction of sp³-hybridized carbons (Fsp3) is 0.100. The highest BCUT2D eigenvalue weighted by Crippen LogP contribution is 2.31. The molecule has 0 radical (unpaired) electrons. The number of amides is 1. The van der Waals surface area contributed by atoms with Crippen LogP contribution in [0.1, 0.15) is 15.9 Å². The number of alkyl halides is 1. The normalized spacial score (nSPS) is 10.5. The molecule has 3 rings (SSSR count). The van der Waals surface area contributed by atoms with Crippen LogP contribution in [0.4, 0.5) is 0 Å². The van der Waals surface area contributed by atoms with E-state index >= 15 is 0 Å². The molecule has 0 saturated heterocycles. The number of halogens is 1. The van der Waals surface area contributed by atoms with Gasteiger partial charge in [0, 0.05) is 28.4 Å². The number of rotatable bonds is 5. The minimum Gasteiger partial charge on any atom is -0.349 e. The van der Waals surface area contributed by atoms with Gasteiger partial charge < -0.3 is 5.32 Å². The molecule has 0 bridgehead atoms. The number of pyridine rings is 1. The lowest BCUT2D eigenvalue weighted by molar-refractivity contribution is 0.0959. The van der Waals surface area contributed by atoms with Crippen LogP contribution < -0.4 is 5.32 Å². The Bertz CT molecular complexity index is 891. The first-order valence-electron chi connectivity index (χ1n) is 7.68. The number of fused-ring (bicyclic) bond motifs is 1. The second kappa shape index (κ2) is 7.41. The maximum Gasteiger partial charge on any atom is 0.252 e. The monoisotopic (exact) mass is 380 g/mol. The molecule has 1 heterocycles. The van der Waals surface area contributed by atoms with Crippen LogP contribution in [0.3, 0.4) is 0 Å². The van der Waals surface area contributed by atoms with Crippen molar-refractivity contribution in [2.45, 2.75) is 5.33 Å². The van der Waals surface area contributed by atoms with E-state index in [0.29, 0.717) is 17.4 Å². The smallest absolute Gasteiger partial charge is 0.252 e. The number of benzene rings is 2. The molecule has 4 heteroatoms. The summed E-state index contributed by atoms with van der Waals surface area (Å²) in [6.07, 6.45) is 1.67. The van der Waals surface area contributed by atoms with Crippen LogP contribution in [0, 0.1) is 0 Å². The van der Waals surface area contributed by atoms with Crippen molar-refractivity contribution in [1.29, 1.82) is 0 Å². The van der Waals surface area contributed by atoms with E-state index in [4.69, 9.17) is 4.98 Å². The Morgan fingerprint density at radius 3 is 2.54 bits per heavy atom. The zero-order chi connectivity index (χ0) is 16.9. The number of nitrogens with one attached hydrogen (secondary N) is 1. The maximum absolute atomic E-state index is 12.8. The number of aromatic nitrogens is 1. The molecule has 1 aromatic heterocycles. The van der Waals surface area contributed by atoms with Crippen molar-refractivity contribution in [3.63, 3.8) is 0 Å². The first-order valence-corrected chi connectivity index (χ1v) is 8.80. The molecular weight excluding hydrogens is 364 g/mol. The zero-order valence-corrected chi connectivity index (χ0v) is 14.7. The molecule has 0 unspecified atom stereocenters. The second-order valence-electron chi connectivity index (χ2n) is 5.33. The minimum absolute atomic E-state index is 0.111. The van der Waals surface area contributed by atoms with Gasteiger partial charge in [-0.15, -0.1) is 6.58 Å². The Balaban J connectivity index is 2.30. The third-order valence-corrected chi connectivity index (χ3v) is 4.37. The van der Waals surface area contributed by atoms with Crippen molar-refractivity contribution in [1.82, 2.24) is 10.3 Å². The molecule has 24 heavy (non-hydrogen) atoms. The fourth-order valence-corrected chi connectivity index (χ4v) is 3.27. The first kappa shape index (κ1) is 16.4. The largest absolute Gasteiger partial charge is 0.349 e. The predicted octanol–water partition coefficient (Wildman–Crippen LogP) is 4.71. The van der Waals surface area contributed by atoms with Crippen molar-refractivity contribution in [3.8, 4) is 11.3 Å². The van der Waals surface area contributed by atoms with E-state index in [1.54, 1.807) is 6.08 Å². The van der Waals surface area contributed by atoms with Gasteiger partial charge >= 0.3 is 0 Å². The molecule has 0 aliphatic heterocycles. The lowest BCUT2D eigenvalue weighted by atomic mass is 9.97. The molecule has 0 aliphatic carbocycles. The molecular formula is C20H17BrN2O. The average Bonchev–Trinajstić information content (AvgIpc) is 2.65. The number of nitrogens with zero attached hydrogens (tertiary/aromatic N) is 1. The van der Waals surface area contributed by atoms with Gasteiger partial charge in [0.2, 0.25) is 0 Å². The summed E-state index contributed by atoms with van der Waals surface area (Å²) in [5.41, 5.74) is 4.19. The van der Waals surface area contributed by atoms with E-state index < -0.39 is 0 Å². The summed E-state index contributed by atoms with van der Waals surface area (Å²) >= 11 is 3.54. The highest BCUT2D eigenvalue weighted by Gasteiger charge is 2.20. The second-order valence-corrected chi connectivity index (χ2v) is 5.89. The van der Waals surface area contributed by atoms with Gasteiger partial charge in [-0.2, -0.15) is 0 Å². The molecule has 3 aromatic rings.